The van der Waals surface area contributed by atoms with Crippen molar-refractivity contribution in [2.75, 3.05) is 12.3 Å². The maximum Gasteiger partial charge on any atom is 0.233 e. The van der Waals surface area contributed by atoms with Gasteiger partial charge in [-0.2, -0.15) is 5.10 Å². The van der Waals surface area contributed by atoms with Gasteiger partial charge < -0.3 is 21.9 Å². The fraction of sp³-hybridized carbons (Fsp3) is 0.481. The minimum atomic E-state index is -0.233. The number of nitrogens with one attached hydrogen (secondary N) is 1. The first-order chi connectivity index (χ1) is 17.9. The molecule has 0 spiro atoms. The van der Waals surface area contributed by atoms with Crippen molar-refractivity contribution in [2.24, 2.45) is 5.73 Å². The van der Waals surface area contributed by atoms with E-state index in [1.807, 2.05) is 17.7 Å². The van der Waals surface area contributed by atoms with Gasteiger partial charge in [-0.1, -0.05) is 23.8 Å². The number of nitrogen functional groups attached to an aromatic ring is 1. The van der Waals surface area contributed by atoms with Gasteiger partial charge in [-0.3, -0.25) is 4.79 Å². The molecule has 1 unspecified atom stereocenters. The van der Waals surface area contributed by atoms with Crippen LogP contribution in [0.5, 0.6) is 0 Å². The van der Waals surface area contributed by atoms with E-state index in [1.54, 1.807) is 11.8 Å². The first-order valence-corrected chi connectivity index (χ1v) is 13.9. The number of aromatic nitrogens is 4. The summed E-state index contributed by atoms with van der Waals surface area (Å²) in [4.78, 5) is 22.5. The summed E-state index contributed by atoms with van der Waals surface area (Å²) in [5.74, 6) is 0.448. The van der Waals surface area contributed by atoms with E-state index in [1.165, 1.54) is 11.9 Å². The highest BCUT2D eigenvalue weighted by molar-refractivity contribution is 8.04. The van der Waals surface area contributed by atoms with E-state index in [9.17, 15) is 9.90 Å². The van der Waals surface area contributed by atoms with Crippen molar-refractivity contribution in [1.29, 1.82) is 0 Å². The van der Waals surface area contributed by atoms with Crippen LogP contribution in [0.4, 0.5) is 5.82 Å². The third kappa shape index (κ3) is 5.60. The number of fused-ring (bicyclic) bond motifs is 1. The largest absolute Gasteiger partial charge is 0.398 e. The summed E-state index contributed by atoms with van der Waals surface area (Å²) in [5.41, 5.74) is 17.0. The molecule has 1 fully saturated rings. The minimum Gasteiger partial charge on any atom is -0.398 e. The van der Waals surface area contributed by atoms with Crippen molar-refractivity contribution in [2.45, 2.75) is 75.7 Å². The van der Waals surface area contributed by atoms with Crippen LogP contribution in [0.1, 0.15) is 70.0 Å². The number of amides is 1. The van der Waals surface area contributed by atoms with E-state index >= 15 is 0 Å². The number of hydrogen-bond donors (Lipinski definition) is 4. The molecule has 37 heavy (non-hydrogen) atoms. The van der Waals surface area contributed by atoms with Gasteiger partial charge in [0, 0.05) is 17.1 Å². The smallest absolute Gasteiger partial charge is 0.233 e. The van der Waals surface area contributed by atoms with Gasteiger partial charge in [-0.05, 0) is 69.9 Å². The lowest BCUT2D eigenvalue weighted by molar-refractivity contribution is -0.120. The number of carbonyl (C=O) groups is 1. The van der Waals surface area contributed by atoms with Crippen LogP contribution < -0.4 is 16.8 Å². The molecule has 10 heteroatoms. The topological polar surface area (TPSA) is 145 Å². The molecular weight excluding hydrogens is 486 g/mol. The molecule has 0 bridgehead atoms. The second kappa shape index (κ2) is 11.1. The summed E-state index contributed by atoms with van der Waals surface area (Å²) in [6.45, 7) is 2.44. The molecule has 6 N–H and O–H groups in total. The molecule has 9 nitrogen and oxygen atoms in total. The highest BCUT2D eigenvalue weighted by atomic mass is 32.2. The number of rotatable bonds is 7. The lowest BCUT2D eigenvalue weighted by Crippen LogP contribution is -2.32. The van der Waals surface area contributed by atoms with E-state index in [4.69, 9.17) is 16.6 Å². The summed E-state index contributed by atoms with van der Waals surface area (Å²) in [6, 6.07) is 0.190. The molecule has 1 amide bonds. The van der Waals surface area contributed by atoms with Gasteiger partial charge in [-0.15, -0.1) is 11.8 Å². The van der Waals surface area contributed by atoms with Gasteiger partial charge in [0.05, 0.1) is 22.8 Å². The Balaban J connectivity index is 1.28. The quantitative estimate of drug-likeness (QED) is 0.431. The van der Waals surface area contributed by atoms with Crippen molar-refractivity contribution < 1.29 is 9.90 Å². The Hall–Kier alpha value is -3.11. The fourth-order valence-electron chi connectivity index (χ4n) is 5.20. The molecule has 1 atom stereocenters. The lowest BCUT2D eigenvalue weighted by Gasteiger charge is -2.25. The highest BCUT2D eigenvalue weighted by Crippen LogP contribution is 2.37. The minimum absolute atomic E-state index is 0.0165. The Bertz CT molecular complexity index is 1300. The van der Waals surface area contributed by atoms with Crippen LogP contribution in [0.25, 0.3) is 16.6 Å². The maximum atomic E-state index is 12.7. The van der Waals surface area contributed by atoms with Crippen LogP contribution in [0.15, 0.2) is 46.8 Å². The summed E-state index contributed by atoms with van der Waals surface area (Å²) in [7, 11) is 0. The Kier molecular flexibility index (Phi) is 7.66. The zero-order valence-electron chi connectivity index (χ0n) is 21.2. The van der Waals surface area contributed by atoms with Gasteiger partial charge in [0.15, 0.2) is 5.65 Å². The van der Waals surface area contributed by atoms with Gasteiger partial charge >= 0.3 is 0 Å². The molecule has 0 saturated heterocycles. The number of thioether (sulfide) groups is 1. The molecule has 0 aromatic carbocycles. The van der Waals surface area contributed by atoms with Crippen molar-refractivity contribution in [1.82, 2.24) is 25.1 Å². The lowest BCUT2D eigenvalue weighted by atomic mass is 9.93. The normalized spacial score (nSPS) is 23.1. The van der Waals surface area contributed by atoms with E-state index in [0.717, 1.165) is 84.3 Å². The Labute approximate surface area is 221 Å². The van der Waals surface area contributed by atoms with Gasteiger partial charge in [0.25, 0.3) is 0 Å². The molecule has 3 aliphatic carbocycles. The molecule has 2 aromatic rings. The number of anilines is 1. The van der Waals surface area contributed by atoms with Crippen LogP contribution in [-0.2, 0) is 4.79 Å². The fourth-order valence-corrected chi connectivity index (χ4v) is 6.26. The number of aliphatic hydroxyl groups is 1. The first kappa shape index (κ1) is 25.5. The monoisotopic (exact) mass is 521 g/mol. The number of nitrogens with two attached hydrogens (primary N) is 2. The van der Waals surface area contributed by atoms with Gasteiger partial charge in [0.1, 0.15) is 17.8 Å². The number of carbonyl (C=O) groups excluding carboxylic acids is 1. The molecule has 0 radical (unpaired) electrons. The second-order valence-corrected chi connectivity index (χ2v) is 11.5. The van der Waals surface area contributed by atoms with Crippen molar-refractivity contribution in [3.63, 3.8) is 0 Å². The maximum absolute atomic E-state index is 12.7. The summed E-state index contributed by atoms with van der Waals surface area (Å²) in [6.07, 6.45) is 16.1. The number of hydrogen-bond acceptors (Lipinski definition) is 8. The third-order valence-electron chi connectivity index (χ3n) is 7.41. The molecular formula is C27H35N7O2S. The molecule has 5 rings (SSSR count). The van der Waals surface area contributed by atoms with E-state index in [2.05, 4.69) is 33.5 Å². The van der Waals surface area contributed by atoms with Crippen LogP contribution in [0.3, 0.4) is 0 Å². The van der Waals surface area contributed by atoms with Crippen LogP contribution in [-0.4, -0.2) is 48.7 Å². The third-order valence-corrected chi connectivity index (χ3v) is 8.70. The van der Waals surface area contributed by atoms with Crippen molar-refractivity contribution in [3.8, 4) is 0 Å². The van der Waals surface area contributed by atoms with Gasteiger partial charge in [-0.25, -0.2) is 14.6 Å². The predicted octanol–water partition coefficient (Wildman–Crippen LogP) is 3.75. The van der Waals surface area contributed by atoms with Crippen molar-refractivity contribution >= 4 is 40.1 Å². The summed E-state index contributed by atoms with van der Waals surface area (Å²) in [5, 5.41) is 18.6. The van der Waals surface area contributed by atoms with Gasteiger partial charge in [0.2, 0.25) is 5.91 Å². The van der Waals surface area contributed by atoms with Crippen LogP contribution in [0.2, 0.25) is 0 Å². The molecule has 3 aliphatic rings. The molecule has 2 heterocycles. The standard InChI is InChI=1S/C27H35N7O2S/c1-16(37-22-5-3-2-4-21(22)28)27(36)30-14-17-6-8-18(9-7-17)24-23-25(29)31-15-32-26(23)34(33-24)19-10-12-20(35)13-11-19/h2,4,6,8,15-16,19-20,35H,3,5,7,9-14,28H2,1H3,(H,30,36)(H2,29,31,32). The zero-order chi connectivity index (χ0) is 25.9. The second-order valence-electron chi connectivity index (χ2n) is 10.0. The molecule has 2 aromatic heterocycles. The number of nitrogens with zero attached hydrogens (tertiary/aromatic N) is 4. The van der Waals surface area contributed by atoms with Crippen LogP contribution >= 0.6 is 11.8 Å². The van der Waals surface area contributed by atoms with E-state index in [-0.39, 0.29) is 23.3 Å². The SMILES string of the molecule is CC(SC1=C(N)C=CCC1)C(=O)NCC1=CC=C(c2nn(C3CCC(O)CC3)c3ncnc(N)c23)CC1. The van der Waals surface area contributed by atoms with E-state index < -0.39 is 0 Å². The highest BCUT2D eigenvalue weighted by Gasteiger charge is 2.27. The summed E-state index contributed by atoms with van der Waals surface area (Å²) >= 11 is 1.55. The number of aliphatic hydroxyl groups excluding tert-OH is 1. The Morgan fingerprint density at radius 1 is 1.19 bits per heavy atom. The van der Waals surface area contributed by atoms with Crippen LogP contribution in [0, 0.1) is 0 Å². The molecule has 0 aliphatic heterocycles. The Morgan fingerprint density at radius 2 is 2.00 bits per heavy atom. The Morgan fingerprint density at radius 3 is 2.73 bits per heavy atom. The average molecular weight is 522 g/mol. The zero-order valence-corrected chi connectivity index (χ0v) is 22.0. The van der Waals surface area contributed by atoms with E-state index in [0.29, 0.717) is 12.4 Å². The number of allylic oxidation sites excluding steroid dienone is 6. The molecule has 196 valence electrons. The predicted molar refractivity (Wildman–Crippen MR) is 148 cm³/mol. The summed E-state index contributed by atoms with van der Waals surface area (Å²) < 4.78 is 1.98. The van der Waals surface area contributed by atoms with Crippen molar-refractivity contribution in [3.05, 3.63) is 52.5 Å². The molecule has 1 saturated carbocycles. The average Bonchev–Trinajstić information content (AvgIpc) is 3.30. The first-order valence-electron chi connectivity index (χ1n) is 13.1.